The fourth-order valence-corrected chi connectivity index (χ4v) is 2.35. The molecule has 2 N–H and O–H groups in total. The fourth-order valence-electron chi connectivity index (χ4n) is 2.35. The van der Waals surface area contributed by atoms with Crippen LogP contribution in [0.4, 0.5) is 30.2 Å². The van der Waals surface area contributed by atoms with E-state index in [9.17, 15) is 18.0 Å². The molecule has 3 rings (SSSR count). The second kappa shape index (κ2) is 7.26. The largest absolute Gasteiger partial charge is 0.418 e. The summed E-state index contributed by atoms with van der Waals surface area (Å²) >= 11 is 0. The van der Waals surface area contributed by atoms with Gasteiger partial charge >= 0.3 is 6.18 Å². The number of amides is 1. The molecule has 0 saturated carbocycles. The van der Waals surface area contributed by atoms with Gasteiger partial charge in [0.15, 0.2) is 0 Å². The Morgan fingerprint density at radius 2 is 1.58 bits per heavy atom. The first-order chi connectivity index (χ1) is 12.4. The van der Waals surface area contributed by atoms with Crippen LogP contribution in [0.2, 0.25) is 0 Å². The lowest BCUT2D eigenvalue weighted by atomic mass is 10.1. The standard InChI is InChI=1S/C19H14F3N3O/c20-19(21,22)16-8-4-5-9-17(16)24-15-10-13(11-23-12-15)18(26)25-14-6-2-1-3-7-14/h1-12,24H,(H,25,26). The number of benzene rings is 2. The third-order valence-corrected chi connectivity index (χ3v) is 3.54. The summed E-state index contributed by atoms with van der Waals surface area (Å²) < 4.78 is 39.2. The zero-order valence-electron chi connectivity index (χ0n) is 13.4. The number of halogens is 3. The van der Waals surface area contributed by atoms with Crippen LogP contribution in [0.1, 0.15) is 15.9 Å². The van der Waals surface area contributed by atoms with Crippen LogP contribution in [-0.4, -0.2) is 10.9 Å². The van der Waals surface area contributed by atoms with Crippen LogP contribution in [0.15, 0.2) is 73.1 Å². The molecule has 0 aliphatic heterocycles. The SMILES string of the molecule is O=C(Nc1ccccc1)c1cncc(Nc2ccccc2C(F)(F)F)c1. The maximum Gasteiger partial charge on any atom is 0.418 e. The molecule has 1 aromatic heterocycles. The van der Waals surface area contributed by atoms with Crippen molar-refractivity contribution in [3.8, 4) is 0 Å². The average molecular weight is 357 g/mol. The molecule has 0 bridgehead atoms. The summed E-state index contributed by atoms with van der Waals surface area (Å²) in [5.74, 6) is -0.406. The highest BCUT2D eigenvalue weighted by atomic mass is 19.4. The van der Waals surface area contributed by atoms with Gasteiger partial charge in [-0.2, -0.15) is 13.2 Å². The molecule has 0 saturated heterocycles. The van der Waals surface area contributed by atoms with Crippen LogP contribution in [-0.2, 0) is 6.18 Å². The number of anilines is 3. The molecule has 132 valence electrons. The van der Waals surface area contributed by atoms with Crippen molar-refractivity contribution in [3.63, 3.8) is 0 Å². The van der Waals surface area contributed by atoms with Crippen molar-refractivity contribution in [2.75, 3.05) is 10.6 Å². The van der Waals surface area contributed by atoms with Gasteiger partial charge in [0.25, 0.3) is 5.91 Å². The van der Waals surface area contributed by atoms with Crippen molar-refractivity contribution in [1.29, 1.82) is 0 Å². The van der Waals surface area contributed by atoms with E-state index in [1.165, 1.54) is 36.7 Å². The first kappa shape index (κ1) is 17.5. The highest BCUT2D eigenvalue weighted by Crippen LogP contribution is 2.35. The summed E-state index contributed by atoms with van der Waals surface area (Å²) in [7, 11) is 0. The van der Waals surface area contributed by atoms with Gasteiger partial charge in [0, 0.05) is 11.9 Å². The predicted molar refractivity (Wildman–Crippen MR) is 93.4 cm³/mol. The summed E-state index contributed by atoms with van der Waals surface area (Å²) in [5.41, 5.74) is 0.214. The molecular weight excluding hydrogens is 343 g/mol. The highest BCUT2D eigenvalue weighted by molar-refractivity contribution is 6.04. The van der Waals surface area contributed by atoms with Crippen molar-refractivity contribution in [1.82, 2.24) is 4.98 Å². The molecule has 7 heteroatoms. The van der Waals surface area contributed by atoms with Gasteiger partial charge in [-0.15, -0.1) is 0 Å². The van der Waals surface area contributed by atoms with Gasteiger partial charge in [0.1, 0.15) is 0 Å². The quantitative estimate of drug-likeness (QED) is 0.683. The maximum absolute atomic E-state index is 13.1. The Morgan fingerprint density at radius 1 is 0.885 bits per heavy atom. The van der Waals surface area contributed by atoms with Crippen LogP contribution >= 0.6 is 0 Å². The summed E-state index contributed by atoms with van der Waals surface area (Å²) in [5, 5.41) is 5.37. The van der Waals surface area contributed by atoms with Crippen LogP contribution in [0, 0.1) is 0 Å². The Bertz CT molecular complexity index is 911. The van der Waals surface area contributed by atoms with E-state index >= 15 is 0 Å². The second-order valence-corrected chi connectivity index (χ2v) is 5.45. The molecule has 0 radical (unpaired) electrons. The van der Waals surface area contributed by atoms with E-state index in [0.29, 0.717) is 5.69 Å². The van der Waals surface area contributed by atoms with Gasteiger partial charge in [-0.05, 0) is 30.3 Å². The first-order valence-electron chi connectivity index (χ1n) is 7.68. The van der Waals surface area contributed by atoms with Gasteiger partial charge in [-0.25, -0.2) is 0 Å². The molecule has 1 heterocycles. The molecule has 4 nitrogen and oxygen atoms in total. The van der Waals surface area contributed by atoms with E-state index in [1.807, 2.05) is 6.07 Å². The molecule has 0 spiro atoms. The van der Waals surface area contributed by atoms with E-state index in [2.05, 4.69) is 15.6 Å². The van der Waals surface area contributed by atoms with E-state index in [4.69, 9.17) is 0 Å². The van der Waals surface area contributed by atoms with E-state index in [-0.39, 0.29) is 16.9 Å². The van der Waals surface area contributed by atoms with E-state index in [1.54, 1.807) is 24.3 Å². The molecule has 26 heavy (non-hydrogen) atoms. The Morgan fingerprint density at radius 3 is 2.31 bits per heavy atom. The van der Waals surface area contributed by atoms with Crippen LogP contribution in [0.3, 0.4) is 0 Å². The number of carbonyl (C=O) groups is 1. The first-order valence-corrected chi connectivity index (χ1v) is 7.68. The van der Waals surface area contributed by atoms with Crippen molar-refractivity contribution in [3.05, 3.63) is 84.2 Å². The average Bonchev–Trinajstić information content (AvgIpc) is 2.62. The van der Waals surface area contributed by atoms with Crippen molar-refractivity contribution >= 4 is 23.0 Å². The Labute approximate surface area is 147 Å². The van der Waals surface area contributed by atoms with Crippen LogP contribution < -0.4 is 10.6 Å². The summed E-state index contributed by atoms with van der Waals surface area (Å²) in [6.45, 7) is 0. The summed E-state index contributed by atoms with van der Waals surface area (Å²) in [6, 6.07) is 15.4. The fraction of sp³-hybridized carbons (Fsp3) is 0.0526. The molecule has 0 aliphatic carbocycles. The van der Waals surface area contributed by atoms with Crippen LogP contribution in [0.5, 0.6) is 0 Å². The smallest absolute Gasteiger partial charge is 0.354 e. The normalized spacial score (nSPS) is 11.0. The number of pyridine rings is 1. The number of aromatic nitrogens is 1. The monoisotopic (exact) mass is 357 g/mol. The van der Waals surface area contributed by atoms with Crippen molar-refractivity contribution in [2.24, 2.45) is 0 Å². The lowest BCUT2D eigenvalue weighted by Gasteiger charge is -2.14. The molecule has 1 amide bonds. The Hall–Kier alpha value is -3.35. The van der Waals surface area contributed by atoms with Gasteiger partial charge in [-0.1, -0.05) is 30.3 Å². The van der Waals surface area contributed by atoms with Gasteiger partial charge in [0.2, 0.25) is 0 Å². The summed E-state index contributed by atoms with van der Waals surface area (Å²) in [4.78, 5) is 16.2. The zero-order chi connectivity index (χ0) is 18.6. The third kappa shape index (κ3) is 4.18. The maximum atomic E-state index is 13.1. The number of hydrogen-bond acceptors (Lipinski definition) is 3. The van der Waals surface area contributed by atoms with E-state index in [0.717, 1.165) is 6.07 Å². The number of nitrogens with one attached hydrogen (secondary N) is 2. The predicted octanol–water partition coefficient (Wildman–Crippen LogP) is 5.10. The lowest BCUT2D eigenvalue weighted by Crippen LogP contribution is -2.13. The Balaban J connectivity index is 1.81. The summed E-state index contributed by atoms with van der Waals surface area (Å²) in [6.07, 6.45) is -1.79. The minimum absolute atomic E-state index is 0.109. The minimum Gasteiger partial charge on any atom is -0.354 e. The molecule has 0 aliphatic rings. The van der Waals surface area contributed by atoms with Crippen LogP contribution in [0.25, 0.3) is 0 Å². The van der Waals surface area contributed by atoms with Gasteiger partial charge in [-0.3, -0.25) is 9.78 Å². The third-order valence-electron chi connectivity index (χ3n) is 3.54. The Kier molecular flexibility index (Phi) is 4.88. The van der Waals surface area contributed by atoms with E-state index < -0.39 is 17.6 Å². The van der Waals surface area contributed by atoms with Crippen molar-refractivity contribution in [2.45, 2.75) is 6.18 Å². The lowest BCUT2D eigenvalue weighted by molar-refractivity contribution is -0.136. The second-order valence-electron chi connectivity index (χ2n) is 5.45. The molecule has 0 atom stereocenters. The molecule has 2 aromatic carbocycles. The number of rotatable bonds is 4. The number of hydrogen-bond donors (Lipinski definition) is 2. The highest BCUT2D eigenvalue weighted by Gasteiger charge is 2.33. The number of para-hydroxylation sites is 2. The van der Waals surface area contributed by atoms with Crippen molar-refractivity contribution < 1.29 is 18.0 Å². The zero-order valence-corrected chi connectivity index (χ0v) is 13.4. The number of carbonyl (C=O) groups excluding carboxylic acids is 1. The molecule has 0 unspecified atom stereocenters. The molecular formula is C19H14F3N3O. The van der Waals surface area contributed by atoms with Gasteiger partial charge in [0.05, 0.1) is 28.7 Å². The molecule has 0 fully saturated rings. The molecule has 3 aromatic rings. The number of alkyl halides is 3. The minimum atomic E-state index is -4.49. The van der Waals surface area contributed by atoms with Gasteiger partial charge < -0.3 is 10.6 Å². The topological polar surface area (TPSA) is 54.0 Å². The number of nitrogens with zero attached hydrogens (tertiary/aromatic N) is 1.